The average Bonchev–Trinajstić information content (AvgIpc) is 3.26. The Balaban J connectivity index is 1.32. The molecule has 2 aliphatic rings. The van der Waals surface area contributed by atoms with E-state index in [1.165, 1.54) is 36.7 Å². The molecule has 2 aliphatic heterocycles. The maximum atomic E-state index is 12.4. The van der Waals surface area contributed by atoms with Crippen molar-refractivity contribution in [3.63, 3.8) is 0 Å². The van der Waals surface area contributed by atoms with E-state index in [1.807, 2.05) is 4.90 Å². The molecule has 28 heavy (non-hydrogen) atoms. The Bertz CT molecular complexity index is 756. The minimum atomic E-state index is 0.0607. The molecule has 0 atom stereocenters. The molecule has 0 saturated carbocycles. The smallest absolute Gasteiger partial charge is 0.244 e. The monoisotopic (exact) mass is 387 g/mol. The zero-order valence-corrected chi connectivity index (χ0v) is 16.6. The standard InChI is InChI=1S/C18H29N9O/c1-24-16(12-25-8-4-2-3-5-9-25)20-21-18(24)15-6-10-26(11-7-15)17(28)13-27-14-19-22-23-27/h14-15H,2-13H2,1H3. The molecule has 2 saturated heterocycles. The lowest BCUT2D eigenvalue weighted by Gasteiger charge is -2.31. The normalized spacial score (nSPS) is 19.7. The van der Waals surface area contributed by atoms with Crippen molar-refractivity contribution in [2.24, 2.45) is 7.05 Å². The van der Waals surface area contributed by atoms with Gasteiger partial charge in [0.1, 0.15) is 24.5 Å². The number of nitrogens with zero attached hydrogens (tertiary/aromatic N) is 9. The molecule has 2 fully saturated rings. The highest BCUT2D eigenvalue weighted by molar-refractivity contribution is 5.75. The van der Waals surface area contributed by atoms with Crippen LogP contribution in [-0.2, 0) is 24.9 Å². The summed E-state index contributed by atoms with van der Waals surface area (Å²) in [6, 6.07) is 0. The molecule has 0 radical (unpaired) electrons. The topological polar surface area (TPSA) is 97.9 Å². The summed E-state index contributed by atoms with van der Waals surface area (Å²) in [6.45, 7) is 4.86. The lowest BCUT2D eigenvalue weighted by molar-refractivity contribution is -0.133. The zero-order chi connectivity index (χ0) is 19.3. The summed E-state index contributed by atoms with van der Waals surface area (Å²) in [5.41, 5.74) is 0. The van der Waals surface area contributed by atoms with Crippen LogP contribution in [-0.4, -0.2) is 76.9 Å². The molecular weight excluding hydrogens is 358 g/mol. The minimum absolute atomic E-state index is 0.0607. The number of carbonyl (C=O) groups excluding carboxylic acids is 1. The summed E-state index contributed by atoms with van der Waals surface area (Å²) in [4.78, 5) is 16.8. The Morgan fingerprint density at radius 2 is 1.82 bits per heavy atom. The van der Waals surface area contributed by atoms with Crippen molar-refractivity contribution in [3.05, 3.63) is 18.0 Å². The van der Waals surface area contributed by atoms with E-state index >= 15 is 0 Å². The van der Waals surface area contributed by atoms with Crippen molar-refractivity contribution >= 4 is 5.91 Å². The van der Waals surface area contributed by atoms with Crippen molar-refractivity contribution in [3.8, 4) is 0 Å². The molecular formula is C18H29N9O. The molecule has 10 nitrogen and oxygen atoms in total. The molecule has 2 aromatic heterocycles. The number of carbonyl (C=O) groups is 1. The van der Waals surface area contributed by atoms with E-state index in [4.69, 9.17) is 0 Å². The summed E-state index contributed by atoms with van der Waals surface area (Å²) < 4.78 is 3.64. The van der Waals surface area contributed by atoms with Crippen molar-refractivity contribution < 1.29 is 4.79 Å². The molecule has 0 aliphatic carbocycles. The molecule has 4 rings (SSSR count). The average molecular weight is 387 g/mol. The molecule has 1 amide bonds. The molecule has 0 bridgehead atoms. The Morgan fingerprint density at radius 3 is 2.50 bits per heavy atom. The van der Waals surface area contributed by atoms with E-state index in [1.54, 1.807) is 0 Å². The maximum absolute atomic E-state index is 12.4. The second-order valence-electron chi connectivity index (χ2n) is 7.89. The van der Waals surface area contributed by atoms with E-state index in [9.17, 15) is 4.79 Å². The van der Waals surface area contributed by atoms with Gasteiger partial charge >= 0.3 is 0 Å². The summed E-state index contributed by atoms with van der Waals surface area (Å²) in [7, 11) is 2.08. The molecule has 0 unspecified atom stereocenters. The first-order valence-corrected chi connectivity index (χ1v) is 10.3. The van der Waals surface area contributed by atoms with Gasteiger partial charge < -0.3 is 9.47 Å². The van der Waals surface area contributed by atoms with Crippen molar-refractivity contribution in [2.75, 3.05) is 26.2 Å². The molecule has 2 aromatic rings. The van der Waals surface area contributed by atoms with E-state index < -0.39 is 0 Å². The van der Waals surface area contributed by atoms with Gasteiger partial charge in [0, 0.05) is 26.1 Å². The van der Waals surface area contributed by atoms with Crippen LogP contribution in [0.3, 0.4) is 0 Å². The van der Waals surface area contributed by atoms with Gasteiger partial charge in [-0.2, -0.15) is 0 Å². The summed E-state index contributed by atoms with van der Waals surface area (Å²) >= 11 is 0. The number of rotatable bonds is 5. The van der Waals surface area contributed by atoms with Crippen molar-refractivity contribution in [1.82, 2.24) is 44.8 Å². The van der Waals surface area contributed by atoms with Crippen LogP contribution in [0.5, 0.6) is 0 Å². The number of likely N-dealkylation sites (tertiary alicyclic amines) is 2. The van der Waals surface area contributed by atoms with Crippen molar-refractivity contribution in [2.45, 2.75) is 57.5 Å². The Hall–Kier alpha value is -2.36. The molecule has 152 valence electrons. The third-order valence-corrected chi connectivity index (χ3v) is 5.96. The van der Waals surface area contributed by atoms with Gasteiger partial charge in [0.15, 0.2) is 0 Å². The lowest BCUT2D eigenvalue weighted by Crippen LogP contribution is -2.40. The number of amides is 1. The van der Waals surface area contributed by atoms with Gasteiger partial charge in [-0.05, 0) is 49.2 Å². The predicted molar refractivity (Wildman–Crippen MR) is 101 cm³/mol. The highest BCUT2D eigenvalue weighted by Gasteiger charge is 2.28. The van der Waals surface area contributed by atoms with Crippen LogP contribution in [0.25, 0.3) is 0 Å². The van der Waals surface area contributed by atoms with Gasteiger partial charge in [-0.3, -0.25) is 9.69 Å². The highest BCUT2D eigenvalue weighted by atomic mass is 16.2. The Labute approximate surface area is 164 Å². The Kier molecular flexibility index (Phi) is 5.94. The van der Waals surface area contributed by atoms with Gasteiger partial charge in [0.05, 0.1) is 6.54 Å². The van der Waals surface area contributed by atoms with Crippen LogP contribution < -0.4 is 0 Å². The second-order valence-corrected chi connectivity index (χ2v) is 7.89. The SMILES string of the molecule is Cn1c(CN2CCCCCC2)nnc1C1CCN(C(=O)Cn2cnnn2)CC1. The van der Waals surface area contributed by atoms with E-state index in [0.717, 1.165) is 57.2 Å². The van der Waals surface area contributed by atoms with Crippen LogP contribution in [0.15, 0.2) is 6.33 Å². The largest absolute Gasteiger partial charge is 0.341 e. The fourth-order valence-electron chi connectivity index (χ4n) is 4.24. The third kappa shape index (κ3) is 4.37. The van der Waals surface area contributed by atoms with Crippen LogP contribution in [0.2, 0.25) is 0 Å². The Morgan fingerprint density at radius 1 is 1.07 bits per heavy atom. The molecule has 4 heterocycles. The number of tetrazole rings is 1. The minimum Gasteiger partial charge on any atom is -0.341 e. The van der Waals surface area contributed by atoms with Gasteiger partial charge in [-0.25, -0.2) is 4.68 Å². The maximum Gasteiger partial charge on any atom is 0.244 e. The molecule has 0 aromatic carbocycles. The number of hydrogen-bond acceptors (Lipinski definition) is 7. The molecule has 0 N–H and O–H groups in total. The predicted octanol–water partition coefficient (Wildman–Crippen LogP) is 0.584. The first-order chi connectivity index (χ1) is 13.7. The molecule has 0 spiro atoms. The van der Waals surface area contributed by atoms with Crippen LogP contribution in [0, 0.1) is 0 Å². The molecule has 10 heteroatoms. The second kappa shape index (κ2) is 8.76. The van der Waals surface area contributed by atoms with Crippen LogP contribution in [0.4, 0.5) is 0 Å². The third-order valence-electron chi connectivity index (χ3n) is 5.96. The van der Waals surface area contributed by atoms with Gasteiger partial charge in [-0.15, -0.1) is 15.3 Å². The number of aromatic nitrogens is 7. The van der Waals surface area contributed by atoms with Crippen LogP contribution >= 0.6 is 0 Å². The lowest BCUT2D eigenvalue weighted by atomic mass is 9.96. The van der Waals surface area contributed by atoms with Crippen molar-refractivity contribution in [1.29, 1.82) is 0 Å². The van der Waals surface area contributed by atoms with E-state index in [0.29, 0.717) is 5.92 Å². The number of hydrogen-bond donors (Lipinski definition) is 0. The summed E-state index contributed by atoms with van der Waals surface area (Å²) in [6.07, 6.45) is 8.53. The first-order valence-electron chi connectivity index (χ1n) is 10.3. The van der Waals surface area contributed by atoms with Gasteiger partial charge in [0.25, 0.3) is 0 Å². The van der Waals surface area contributed by atoms with E-state index in [-0.39, 0.29) is 12.5 Å². The van der Waals surface area contributed by atoms with E-state index in [2.05, 4.69) is 42.2 Å². The highest BCUT2D eigenvalue weighted by Crippen LogP contribution is 2.27. The number of piperidine rings is 1. The summed E-state index contributed by atoms with van der Waals surface area (Å²) in [5.74, 6) is 2.52. The van der Waals surface area contributed by atoms with Gasteiger partial charge in [-0.1, -0.05) is 12.8 Å². The zero-order valence-electron chi connectivity index (χ0n) is 16.6. The fourth-order valence-corrected chi connectivity index (χ4v) is 4.24. The quantitative estimate of drug-likeness (QED) is 0.740. The van der Waals surface area contributed by atoms with Crippen LogP contribution in [0.1, 0.15) is 56.1 Å². The van der Waals surface area contributed by atoms with Gasteiger partial charge in [0.2, 0.25) is 5.91 Å². The fraction of sp³-hybridized carbons (Fsp3) is 0.778. The first kappa shape index (κ1) is 19.0. The summed E-state index contributed by atoms with van der Waals surface area (Å²) in [5, 5.41) is 19.9.